The van der Waals surface area contributed by atoms with Crippen molar-refractivity contribution in [2.24, 2.45) is 0 Å². The average Bonchev–Trinajstić information content (AvgIpc) is 2.74. The smallest absolute Gasteiger partial charge is 0.191 e. The summed E-state index contributed by atoms with van der Waals surface area (Å²) in [7, 11) is -1.60. The van der Waals surface area contributed by atoms with E-state index >= 15 is 0 Å². The van der Waals surface area contributed by atoms with Crippen LogP contribution in [-0.2, 0) is 17.6 Å². The van der Waals surface area contributed by atoms with E-state index in [1.165, 1.54) is 0 Å². The monoisotopic (exact) mass is 284 g/mol. The molecule has 110 valence electrons. The van der Waals surface area contributed by atoms with Crippen LogP contribution in [0, 0.1) is 0 Å². The van der Waals surface area contributed by atoms with Crippen LogP contribution in [0.15, 0.2) is 12.3 Å². The van der Waals surface area contributed by atoms with Gasteiger partial charge < -0.3 is 9.53 Å². The molecule has 19 heavy (non-hydrogen) atoms. The Kier molecular flexibility index (Phi) is 5.76. The molecule has 0 amide bonds. The first-order valence-corrected chi connectivity index (χ1v) is 9.94. The zero-order valence-electron chi connectivity index (χ0n) is 12.9. The molecule has 1 N–H and O–H groups in total. The Morgan fingerprint density at radius 3 is 2.58 bits per heavy atom. The van der Waals surface area contributed by atoms with Gasteiger partial charge in [0.05, 0.1) is 12.3 Å². The van der Waals surface area contributed by atoms with E-state index in [0.717, 1.165) is 31.7 Å². The molecule has 0 saturated carbocycles. The van der Waals surface area contributed by atoms with E-state index in [4.69, 9.17) is 9.53 Å². The highest BCUT2D eigenvalue weighted by atomic mass is 28.4. The van der Waals surface area contributed by atoms with Crippen molar-refractivity contribution in [1.29, 1.82) is 0 Å². The van der Waals surface area contributed by atoms with E-state index in [1.807, 2.05) is 10.7 Å². The van der Waals surface area contributed by atoms with Crippen LogP contribution in [0.2, 0.25) is 18.1 Å². The van der Waals surface area contributed by atoms with E-state index in [0.29, 0.717) is 0 Å². The number of unbranched alkanes of at least 4 members (excludes halogenated alkanes) is 1. The van der Waals surface area contributed by atoms with Gasteiger partial charge in [-0.05, 0) is 37.0 Å². The second-order valence-corrected chi connectivity index (χ2v) is 11.3. The van der Waals surface area contributed by atoms with Gasteiger partial charge in [0.15, 0.2) is 8.32 Å². The Morgan fingerprint density at radius 2 is 2.00 bits per heavy atom. The number of aryl methyl sites for hydroxylation is 1. The quantitative estimate of drug-likeness (QED) is 0.618. The van der Waals surface area contributed by atoms with Crippen LogP contribution in [-0.4, -0.2) is 29.8 Å². The summed E-state index contributed by atoms with van der Waals surface area (Å²) < 4.78 is 8.00. The minimum Gasteiger partial charge on any atom is -0.417 e. The summed E-state index contributed by atoms with van der Waals surface area (Å²) in [4.78, 5) is 0. The van der Waals surface area contributed by atoms with E-state index in [1.54, 1.807) is 6.20 Å². The molecule has 1 rings (SSSR count). The largest absolute Gasteiger partial charge is 0.417 e. The van der Waals surface area contributed by atoms with Gasteiger partial charge in [0, 0.05) is 19.3 Å². The molecule has 0 saturated heterocycles. The molecule has 0 unspecified atom stereocenters. The van der Waals surface area contributed by atoms with Gasteiger partial charge in [0.25, 0.3) is 0 Å². The standard InChI is InChI=1S/C14H28N2O2Si/c1-14(2,3)19(4,5)18-11-7-6-10-16-13(12-17)8-9-15-16/h8-9,17H,6-7,10-12H2,1-5H3. The van der Waals surface area contributed by atoms with Gasteiger partial charge in [0.1, 0.15) is 0 Å². The van der Waals surface area contributed by atoms with Crippen molar-refractivity contribution in [2.75, 3.05) is 6.61 Å². The summed E-state index contributed by atoms with van der Waals surface area (Å²) >= 11 is 0. The van der Waals surface area contributed by atoms with Crippen LogP contribution in [0.1, 0.15) is 39.3 Å². The van der Waals surface area contributed by atoms with Crippen molar-refractivity contribution >= 4 is 8.32 Å². The lowest BCUT2D eigenvalue weighted by Crippen LogP contribution is -2.40. The minimum atomic E-state index is -1.60. The minimum absolute atomic E-state index is 0.0560. The number of aromatic nitrogens is 2. The third-order valence-corrected chi connectivity index (χ3v) is 8.54. The predicted molar refractivity (Wildman–Crippen MR) is 80.5 cm³/mol. The van der Waals surface area contributed by atoms with E-state index in [-0.39, 0.29) is 11.6 Å². The maximum Gasteiger partial charge on any atom is 0.191 e. The van der Waals surface area contributed by atoms with Crippen molar-refractivity contribution in [3.05, 3.63) is 18.0 Å². The molecular formula is C14H28N2O2Si. The molecule has 5 heteroatoms. The zero-order valence-corrected chi connectivity index (χ0v) is 13.9. The summed E-state index contributed by atoms with van der Waals surface area (Å²) in [6, 6.07) is 1.85. The molecule has 0 aromatic carbocycles. The Hall–Kier alpha value is -0.653. The summed E-state index contributed by atoms with van der Waals surface area (Å²) in [5.74, 6) is 0. The van der Waals surface area contributed by atoms with Crippen molar-refractivity contribution in [3.63, 3.8) is 0 Å². The van der Waals surface area contributed by atoms with Gasteiger partial charge in [-0.15, -0.1) is 0 Å². The van der Waals surface area contributed by atoms with Crippen LogP contribution in [0.5, 0.6) is 0 Å². The summed E-state index contributed by atoms with van der Waals surface area (Å²) in [5, 5.41) is 13.6. The lowest BCUT2D eigenvalue weighted by molar-refractivity contribution is 0.260. The molecule has 0 aliphatic heterocycles. The van der Waals surface area contributed by atoms with Crippen molar-refractivity contribution in [1.82, 2.24) is 9.78 Å². The van der Waals surface area contributed by atoms with Crippen LogP contribution >= 0.6 is 0 Å². The topological polar surface area (TPSA) is 47.3 Å². The van der Waals surface area contributed by atoms with Gasteiger partial charge in [-0.1, -0.05) is 20.8 Å². The van der Waals surface area contributed by atoms with E-state index < -0.39 is 8.32 Å². The highest BCUT2D eigenvalue weighted by Gasteiger charge is 2.36. The van der Waals surface area contributed by atoms with Gasteiger partial charge in [-0.3, -0.25) is 4.68 Å². The fourth-order valence-electron chi connectivity index (χ4n) is 1.60. The predicted octanol–water partition coefficient (Wildman–Crippen LogP) is 3.18. The number of hydrogen-bond acceptors (Lipinski definition) is 3. The molecule has 0 aliphatic carbocycles. The van der Waals surface area contributed by atoms with Crippen LogP contribution in [0.25, 0.3) is 0 Å². The van der Waals surface area contributed by atoms with Crippen LogP contribution in [0.3, 0.4) is 0 Å². The second-order valence-electron chi connectivity index (χ2n) is 6.52. The first kappa shape index (κ1) is 16.4. The number of nitrogens with zero attached hydrogens (tertiary/aromatic N) is 2. The molecule has 1 aromatic heterocycles. The molecule has 1 aromatic rings. The highest BCUT2D eigenvalue weighted by Crippen LogP contribution is 2.36. The molecule has 4 nitrogen and oxygen atoms in total. The second kappa shape index (κ2) is 6.68. The van der Waals surface area contributed by atoms with Gasteiger partial charge >= 0.3 is 0 Å². The highest BCUT2D eigenvalue weighted by molar-refractivity contribution is 6.74. The Labute approximate surface area is 117 Å². The number of hydrogen-bond donors (Lipinski definition) is 1. The van der Waals surface area contributed by atoms with E-state index in [2.05, 4.69) is 39.0 Å². The van der Waals surface area contributed by atoms with Crippen molar-refractivity contribution in [2.45, 2.75) is 64.9 Å². The fourth-order valence-corrected chi connectivity index (χ4v) is 2.69. The lowest BCUT2D eigenvalue weighted by Gasteiger charge is -2.36. The Morgan fingerprint density at radius 1 is 1.32 bits per heavy atom. The zero-order chi connectivity index (χ0) is 14.5. The molecule has 0 spiro atoms. The third kappa shape index (κ3) is 4.74. The molecule has 0 fully saturated rings. The van der Waals surface area contributed by atoms with Crippen LogP contribution in [0.4, 0.5) is 0 Å². The molecule has 0 atom stereocenters. The van der Waals surface area contributed by atoms with Gasteiger partial charge in [0.2, 0.25) is 0 Å². The summed E-state index contributed by atoms with van der Waals surface area (Å²) in [5.41, 5.74) is 0.880. The first-order valence-electron chi connectivity index (χ1n) is 7.03. The molecule has 0 bridgehead atoms. The number of aliphatic hydroxyl groups is 1. The molecule has 0 radical (unpaired) electrons. The molecular weight excluding hydrogens is 256 g/mol. The maximum absolute atomic E-state index is 9.13. The fraction of sp³-hybridized carbons (Fsp3) is 0.786. The van der Waals surface area contributed by atoms with E-state index in [9.17, 15) is 0 Å². The molecule has 1 heterocycles. The van der Waals surface area contributed by atoms with Crippen LogP contribution < -0.4 is 0 Å². The summed E-state index contributed by atoms with van der Waals surface area (Å²) in [6.07, 6.45) is 3.80. The summed E-state index contributed by atoms with van der Waals surface area (Å²) in [6.45, 7) is 13.1. The Bertz CT molecular complexity index is 383. The Balaban J connectivity index is 2.25. The lowest BCUT2D eigenvalue weighted by atomic mass is 10.2. The van der Waals surface area contributed by atoms with Gasteiger partial charge in [-0.25, -0.2) is 0 Å². The maximum atomic E-state index is 9.13. The van der Waals surface area contributed by atoms with Crippen molar-refractivity contribution < 1.29 is 9.53 Å². The SMILES string of the molecule is CC(C)(C)[Si](C)(C)OCCCCn1nccc1CO. The molecule has 0 aliphatic rings. The number of rotatable bonds is 7. The normalized spacial score (nSPS) is 12.9. The van der Waals surface area contributed by atoms with Gasteiger partial charge in [-0.2, -0.15) is 5.10 Å². The average molecular weight is 284 g/mol. The van der Waals surface area contributed by atoms with Crippen molar-refractivity contribution in [3.8, 4) is 0 Å². The number of aliphatic hydroxyl groups excluding tert-OH is 1. The first-order chi connectivity index (χ1) is 8.78. The third-order valence-electron chi connectivity index (χ3n) is 4.00.